The SMILES string of the molecule is COC(=O)[C@H]1[C@@H]2C[C@@H](OC3(C)O[C@H]4O[C@H](C)[C@@H](O[Si](C)(C)C(C)(C)C)[C@H](N=[N+]=[N-])[C@H]4O3)/C=C/C=C/C=C/C=C/C=C/C=C/C=C/[C@H](C)[C@@H](O[Si](C)(C)C(C)(C)C)[C@@H](C)[C@H](C)OC(=O)C[C@H]3C[C@@H](CC[C@H]4OC(C)(C)O[C@@H]4C[C@H](O[Si](C)(C)C(C)(C)C)C[C@](OC)(C[C@@H]1O[Si](C)(C)C(C)(C)C)O2)OC(C)(C)O3. The number of esters is 2. The summed E-state index contributed by atoms with van der Waals surface area (Å²) in [4.78, 5) is 32.5. The van der Waals surface area contributed by atoms with Gasteiger partial charge in [-0.05, 0) is 138 Å². The van der Waals surface area contributed by atoms with E-state index in [9.17, 15) is 15.1 Å². The summed E-state index contributed by atoms with van der Waals surface area (Å²) in [5.74, 6) is -7.18. The highest BCUT2D eigenvalue weighted by Crippen LogP contribution is 2.51. The van der Waals surface area contributed by atoms with Crippen LogP contribution < -0.4 is 0 Å². The molecule has 0 aliphatic carbocycles. The van der Waals surface area contributed by atoms with Gasteiger partial charge in [0.25, 0.3) is 5.97 Å². The van der Waals surface area contributed by atoms with E-state index in [-0.39, 0.29) is 75.8 Å². The summed E-state index contributed by atoms with van der Waals surface area (Å²) < 4.78 is 110. The summed E-state index contributed by atoms with van der Waals surface area (Å²) in [6, 6.07) is -0.845. The number of carbonyl (C=O) groups is 2. The summed E-state index contributed by atoms with van der Waals surface area (Å²) in [5, 5.41) is 3.61. The fraction of sp³-hybridized carbons (Fsp3) is 0.802. The fourth-order valence-electron chi connectivity index (χ4n) is 13.8. The molecule has 106 heavy (non-hydrogen) atoms. The highest BCUT2D eigenvalue weighted by molar-refractivity contribution is 6.75. The van der Waals surface area contributed by atoms with Crippen molar-refractivity contribution in [3.63, 3.8) is 0 Å². The number of fused-ring (bicyclic) bond motifs is 6. The largest absolute Gasteiger partial charge is 0.469 e. The molecule has 0 saturated carbocycles. The average molecular weight is 1560 g/mol. The third-order valence-electron chi connectivity index (χ3n) is 23.9. The lowest BCUT2D eigenvalue weighted by atomic mass is 9.82. The second-order valence-electron chi connectivity index (χ2n) is 37.6. The van der Waals surface area contributed by atoms with Crippen LogP contribution in [-0.2, 0) is 84.1 Å². The van der Waals surface area contributed by atoms with Crippen molar-refractivity contribution >= 4 is 45.2 Å². The number of azide groups is 1. The molecule has 6 aliphatic rings. The van der Waals surface area contributed by atoms with E-state index in [1.807, 2.05) is 121 Å². The van der Waals surface area contributed by atoms with Gasteiger partial charge in [-0.1, -0.05) is 187 Å². The zero-order chi connectivity index (χ0) is 79.8. The molecule has 21 nitrogen and oxygen atoms in total. The Labute approximate surface area is 642 Å². The smallest absolute Gasteiger partial charge is 0.313 e. The lowest BCUT2D eigenvalue weighted by molar-refractivity contribution is -0.359. The third kappa shape index (κ3) is 24.9. The summed E-state index contributed by atoms with van der Waals surface area (Å²) >= 11 is 0. The van der Waals surface area contributed by atoms with Crippen LogP contribution in [0.15, 0.2) is 90.2 Å². The van der Waals surface area contributed by atoms with Crippen LogP contribution in [0.5, 0.6) is 0 Å². The Bertz CT molecular complexity index is 3150. The average Bonchev–Trinajstić information content (AvgIpc) is 1.39. The van der Waals surface area contributed by atoms with Crippen molar-refractivity contribution in [2.75, 3.05) is 14.2 Å². The summed E-state index contributed by atoms with van der Waals surface area (Å²) in [5.41, 5.74) is 10.1. The molecule has 604 valence electrons. The summed E-state index contributed by atoms with van der Waals surface area (Å²) in [7, 11) is -7.07. The highest BCUT2D eigenvalue weighted by Gasteiger charge is 2.61. The first kappa shape index (κ1) is 91.6. The van der Waals surface area contributed by atoms with E-state index in [0.717, 1.165) is 0 Å². The van der Waals surface area contributed by atoms with E-state index in [1.54, 1.807) is 14.0 Å². The molecule has 0 N–H and O–H groups in total. The van der Waals surface area contributed by atoms with E-state index in [2.05, 4.69) is 165 Å². The molecule has 4 bridgehead atoms. The maximum absolute atomic E-state index is 14.9. The second-order valence-corrected chi connectivity index (χ2v) is 56.7. The number of nitrogens with zero attached hydrogens (tertiary/aromatic N) is 3. The Morgan fingerprint density at radius 2 is 1.04 bits per heavy atom. The van der Waals surface area contributed by atoms with Crippen molar-refractivity contribution in [1.29, 1.82) is 0 Å². The second kappa shape index (κ2) is 36.3. The van der Waals surface area contributed by atoms with Gasteiger partial charge in [0.05, 0.1) is 86.7 Å². The molecule has 0 spiro atoms. The molecule has 1 unspecified atom stereocenters. The van der Waals surface area contributed by atoms with Crippen LogP contribution in [0.2, 0.25) is 72.5 Å². The predicted octanol–water partition coefficient (Wildman–Crippen LogP) is 19.2. The van der Waals surface area contributed by atoms with Gasteiger partial charge in [-0.2, -0.15) is 0 Å². The van der Waals surface area contributed by atoms with Gasteiger partial charge in [-0.25, -0.2) is 0 Å². The molecule has 0 aromatic carbocycles. The Kier molecular flexibility index (Phi) is 31.3. The first-order valence-corrected chi connectivity index (χ1v) is 50.6. The van der Waals surface area contributed by atoms with Crippen molar-refractivity contribution in [2.45, 2.75) is 384 Å². The van der Waals surface area contributed by atoms with Gasteiger partial charge in [0.2, 0.25) is 0 Å². The molecule has 0 aromatic heterocycles. The van der Waals surface area contributed by atoms with Gasteiger partial charge in [-0.15, -0.1) is 0 Å². The standard InChI is InChI=1S/C81H141N3O18Si4/c1-54-44-42-40-38-36-34-32-33-35-37-39-41-43-45-58(93-80(21)97-71-68(83-84-82)70(57(4)90-73(71)98-80)102-106(30,31)77(14,15)16)49-64-67(72(86)87-22)65(100-104(26,27)75(8,9)10)53-81(88-23,96-64)52-61(99-103(24,25)74(5,6)7)50-63-62(94-79(19,20)95-63)47-46-59-48-60(92-78(17,18)91-59)51-66(85)89-56(3)55(2)69(54)101-105(28,29)76(11,12)13/h32-45,54-65,67-71,73H,46-53H2,1-31H3/b33-32+,36-34+,37-35+,40-38+,41-39+,44-42+,45-43+/t54-,55-,56-,57+,58-,59+,60+,61-,62+,63+,64-,65-,67-,68-,69+,70+,71+,73+,80?,81+/m0/s1. The van der Waals surface area contributed by atoms with Crippen LogP contribution in [0.3, 0.4) is 0 Å². The molecule has 0 radical (unpaired) electrons. The maximum atomic E-state index is 14.9. The van der Waals surface area contributed by atoms with E-state index in [0.29, 0.717) is 25.7 Å². The highest BCUT2D eigenvalue weighted by atomic mass is 28.4. The Hall–Kier alpha value is -3.26. The molecule has 25 heteroatoms. The Balaban J connectivity index is 1.48. The van der Waals surface area contributed by atoms with Gasteiger partial charge >= 0.3 is 11.9 Å². The van der Waals surface area contributed by atoms with Crippen LogP contribution in [0.4, 0.5) is 0 Å². The minimum absolute atomic E-state index is 0.00399. The fourth-order valence-corrected chi connectivity index (χ4v) is 19.4. The number of hydrogen-bond acceptors (Lipinski definition) is 19. The number of hydrogen-bond donors (Lipinski definition) is 0. The van der Waals surface area contributed by atoms with Crippen molar-refractivity contribution in [3.05, 3.63) is 95.5 Å². The molecule has 20 atom stereocenters. The zero-order valence-electron chi connectivity index (χ0n) is 70.8. The molecule has 6 aliphatic heterocycles. The van der Waals surface area contributed by atoms with Gasteiger partial charge in [-0.3, -0.25) is 14.3 Å². The van der Waals surface area contributed by atoms with Crippen LogP contribution in [-0.4, -0.2) is 174 Å². The van der Waals surface area contributed by atoms with Crippen LogP contribution in [0, 0.1) is 17.8 Å². The number of allylic oxidation sites excluding steroid dienone is 12. The van der Waals surface area contributed by atoms with Crippen molar-refractivity contribution in [2.24, 2.45) is 22.9 Å². The number of carbonyl (C=O) groups excluding carboxylic acids is 2. The maximum Gasteiger partial charge on any atom is 0.313 e. The zero-order valence-corrected chi connectivity index (χ0v) is 74.8. The van der Waals surface area contributed by atoms with Crippen LogP contribution in [0.1, 0.15) is 197 Å². The molecule has 0 amide bonds. The minimum Gasteiger partial charge on any atom is -0.469 e. The van der Waals surface area contributed by atoms with Crippen LogP contribution in [0.25, 0.3) is 10.4 Å². The van der Waals surface area contributed by atoms with Crippen molar-refractivity contribution in [3.8, 4) is 0 Å². The number of ether oxygens (including phenoxy) is 12. The first-order valence-electron chi connectivity index (χ1n) is 39.0. The summed E-state index contributed by atoms with van der Waals surface area (Å²) in [6.07, 6.45) is 21.2. The predicted molar refractivity (Wildman–Crippen MR) is 427 cm³/mol. The Morgan fingerprint density at radius 1 is 0.547 bits per heavy atom. The quantitative estimate of drug-likeness (QED) is 0.0548. The van der Waals surface area contributed by atoms with Crippen LogP contribution >= 0.6 is 0 Å². The minimum atomic E-state index is -2.72. The first-order chi connectivity index (χ1) is 48.6. The van der Waals surface area contributed by atoms with Crippen molar-refractivity contribution in [1.82, 2.24) is 0 Å². The molecular formula is C81H141N3O18Si4. The third-order valence-corrected chi connectivity index (χ3v) is 41.9. The number of cyclic esters (lactones) is 1. The monoisotopic (exact) mass is 1560 g/mol. The Morgan fingerprint density at radius 3 is 1.57 bits per heavy atom. The molecule has 6 heterocycles. The van der Waals surface area contributed by atoms with Gasteiger partial charge in [0.15, 0.2) is 56.9 Å². The van der Waals surface area contributed by atoms with Gasteiger partial charge < -0.3 is 69.8 Å². The van der Waals surface area contributed by atoms with E-state index in [1.165, 1.54) is 7.11 Å². The van der Waals surface area contributed by atoms with E-state index < -0.39 is 148 Å². The molecule has 6 rings (SSSR count). The molecule has 0 aromatic rings. The van der Waals surface area contributed by atoms with Gasteiger partial charge in [0.1, 0.15) is 18.1 Å². The normalized spacial score (nSPS) is 37.7. The van der Waals surface area contributed by atoms with E-state index in [4.69, 9.17) is 74.5 Å². The number of methoxy groups -OCH3 is 2. The summed E-state index contributed by atoms with van der Waals surface area (Å²) in [6.45, 7) is 61.5. The lowest BCUT2D eigenvalue weighted by Crippen LogP contribution is -2.61. The molecule has 5 fully saturated rings. The molecular weight excluding hydrogens is 1420 g/mol. The van der Waals surface area contributed by atoms with Crippen molar-refractivity contribution < 1.29 is 84.1 Å². The number of rotatable bonds is 13. The topological polar surface area (TPSA) is 231 Å². The molecule has 5 saturated heterocycles. The van der Waals surface area contributed by atoms with Gasteiger partial charge in [0, 0.05) is 57.0 Å². The lowest BCUT2D eigenvalue weighted by Gasteiger charge is -2.51. The van der Waals surface area contributed by atoms with E-state index >= 15 is 0 Å².